The molecule has 0 radical (unpaired) electrons. The van der Waals surface area contributed by atoms with Crippen LogP contribution < -0.4 is 0 Å². The number of carbonyl (C=O) groups excluding carboxylic acids is 2. The van der Waals surface area contributed by atoms with Crippen molar-refractivity contribution < 1.29 is 19.2 Å². The van der Waals surface area contributed by atoms with Gasteiger partial charge in [0, 0.05) is 47.2 Å². The molecule has 0 aromatic heterocycles. The topological polar surface area (TPSA) is 98.9 Å². The molecule has 0 saturated carbocycles. The lowest BCUT2D eigenvalue weighted by Crippen LogP contribution is -2.37. The van der Waals surface area contributed by atoms with Crippen molar-refractivity contribution in [1.29, 1.82) is 0 Å². The van der Waals surface area contributed by atoms with Crippen molar-refractivity contribution in [3.63, 3.8) is 0 Å². The standard InChI is InChI=1S/C21H24N2O5S/c1-3-29-11-10-28-21(25)18-13(2)22-16-8-5-9-17(24)20(16)19(18)14-6-4-7-15(12-14)23(26)27/h4,6-7,12,18-19H,3,5,8-11H2,1-2H3/t18?,19-/m0/s1. The lowest BCUT2D eigenvalue weighted by atomic mass is 9.71. The average molecular weight is 416 g/mol. The number of nitro groups is 1. The Bertz CT molecular complexity index is 893. The molecule has 1 aromatic rings. The van der Waals surface area contributed by atoms with E-state index in [-0.39, 0.29) is 18.1 Å². The molecule has 154 valence electrons. The van der Waals surface area contributed by atoms with E-state index >= 15 is 0 Å². The minimum absolute atomic E-state index is 0.0432. The molecule has 7 nitrogen and oxygen atoms in total. The molecular formula is C21H24N2O5S. The van der Waals surface area contributed by atoms with E-state index in [1.807, 2.05) is 6.92 Å². The van der Waals surface area contributed by atoms with Crippen LogP contribution in [-0.4, -0.2) is 40.5 Å². The van der Waals surface area contributed by atoms with Crippen LogP contribution >= 0.6 is 11.8 Å². The number of esters is 1. The Morgan fingerprint density at radius 3 is 2.90 bits per heavy atom. The van der Waals surface area contributed by atoms with Gasteiger partial charge >= 0.3 is 5.97 Å². The van der Waals surface area contributed by atoms with Gasteiger partial charge < -0.3 is 4.74 Å². The van der Waals surface area contributed by atoms with Gasteiger partial charge in [0.1, 0.15) is 12.5 Å². The number of ether oxygens (including phenoxy) is 1. The van der Waals surface area contributed by atoms with E-state index in [1.165, 1.54) is 12.1 Å². The smallest absolute Gasteiger partial charge is 0.315 e. The number of hydrogen-bond acceptors (Lipinski definition) is 7. The number of hydrogen-bond donors (Lipinski definition) is 0. The first-order valence-electron chi connectivity index (χ1n) is 9.74. The van der Waals surface area contributed by atoms with Gasteiger partial charge in [-0.05, 0) is 31.1 Å². The summed E-state index contributed by atoms with van der Waals surface area (Å²) in [7, 11) is 0. The molecular weight excluding hydrogens is 392 g/mol. The number of Topliss-reactive ketones (excluding diaryl/α,β-unsaturated/α-hetero) is 1. The van der Waals surface area contributed by atoms with Crippen LogP contribution in [0.2, 0.25) is 0 Å². The molecule has 0 saturated heterocycles. The van der Waals surface area contributed by atoms with Crippen LogP contribution in [0.25, 0.3) is 0 Å². The summed E-state index contributed by atoms with van der Waals surface area (Å²) in [6, 6.07) is 6.17. The van der Waals surface area contributed by atoms with Crippen molar-refractivity contribution in [3.05, 3.63) is 51.2 Å². The monoisotopic (exact) mass is 416 g/mol. The number of carbonyl (C=O) groups is 2. The first-order chi connectivity index (χ1) is 13.9. The van der Waals surface area contributed by atoms with Crippen molar-refractivity contribution in [1.82, 2.24) is 0 Å². The fraction of sp³-hybridized carbons (Fsp3) is 0.476. The van der Waals surface area contributed by atoms with Gasteiger partial charge in [0.25, 0.3) is 5.69 Å². The largest absolute Gasteiger partial charge is 0.464 e. The summed E-state index contributed by atoms with van der Waals surface area (Å²) in [6.07, 6.45) is 1.78. The lowest BCUT2D eigenvalue weighted by Gasteiger charge is -2.34. The Hall–Kier alpha value is -2.48. The molecule has 0 N–H and O–H groups in total. The second kappa shape index (κ2) is 9.35. The number of ketones is 1. The number of nitrogens with zero attached hydrogens (tertiary/aromatic N) is 2. The minimum atomic E-state index is -0.760. The number of nitro benzene ring substituents is 1. The fourth-order valence-electron chi connectivity index (χ4n) is 3.94. The first kappa shape index (κ1) is 21.2. The Labute approximate surface area is 173 Å². The molecule has 1 aliphatic heterocycles. The van der Waals surface area contributed by atoms with Gasteiger partial charge in [0.2, 0.25) is 0 Å². The average Bonchev–Trinajstić information content (AvgIpc) is 2.70. The van der Waals surface area contributed by atoms with Crippen LogP contribution in [-0.2, 0) is 14.3 Å². The number of allylic oxidation sites excluding steroid dienone is 2. The predicted molar refractivity (Wildman–Crippen MR) is 112 cm³/mol. The summed E-state index contributed by atoms with van der Waals surface area (Å²) >= 11 is 1.67. The van der Waals surface area contributed by atoms with E-state index in [9.17, 15) is 19.7 Å². The molecule has 0 amide bonds. The van der Waals surface area contributed by atoms with Crippen molar-refractivity contribution in [2.45, 2.75) is 39.0 Å². The molecule has 8 heteroatoms. The molecule has 3 rings (SSSR count). The number of thioether (sulfide) groups is 1. The third-order valence-electron chi connectivity index (χ3n) is 5.20. The van der Waals surface area contributed by atoms with E-state index in [2.05, 4.69) is 4.99 Å². The van der Waals surface area contributed by atoms with Gasteiger partial charge in [-0.1, -0.05) is 19.1 Å². The summed E-state index contributed by atoms with van der Waals surface area (Å²) in [6.45, 7) is 4.08. The van der Waals surface area contributed by atoms with Gasteiger partial charge in [0.05, 0.1) is 4.92 Å². The van der Waals surface area contributed by atoms with Gasteiger partial charge in [-0.3, -0.25) is 24.7 Å². The molecule has 29 heavy (non-hydrogen) atoms. The van der Waals surface area contributed by atoms with Crippen LogP contribution in [0, 0.1) is 16.0 Å². The highest BCUT2D eigenvalue weighted by molar-refractivity contribution is 7.99. The van der Waals surface area contributed by atoms with Crippen molar-refractivity contribution in [2.75, 3.05) is 18.1 Å². The molecule has 1 aliphatic carbocycles. The third kappa shape index (κ3) is 4.58. The fourth-order valence-corrected chi connectivity index (χ4v) is 4.43. The van der Waals surface area contributed by atoms with Gasteiger partial charge in [0.15, 0.2) is 5.78 Å². The molecule has 2 atom stereocenters. The second-order valence-electron chi connectivity index (χ2n) is 7.06. The predicted octanol–water partition coefficient (Wildman–Crippen LogP) is 4.07. The van der Waals surface area contributed by atoms with Crippen molar-refractivity contribution in [2.24, 2.45) is 10.9 Å². The van der Waals surface area contributed by atoms with Crippen LogP contribution in [0.3, 0.4) is 0 Å². The summed E-state index contributed by atoms with van der Waals surface area (Å²) < 4.78 is 5.49. The summed E-state index contributed by atoms with van der Waals surface area (Å²) in [4.78, 5) is 41.1. The van der Waals surface area contributed by atoms with E-state index in [0.29, 0.717) is 41.1 Å². The van der Waals surface area contributed by atoms with E-state index < -0.39 is 22.7 Å². The second-order valence-corrected chi connectivity index (χ2v) is 8.46. The van der Waals surface area contributed by atoms with Crippen molar-refractivity contribution >= 4 is 34.9 Å². The number of rotatable bonds is 7. The van der Waals surface area contributed by atoms with Crippen LogP contribution in [0.4, 0.5) is 5.69 Å². The maximum atomic E-state index is 13.0. The first-order valence-corrected chi connectivity index (χ1v) is 10.9. The summed E-state index contributed by atoms with van der Waals surface area (Å²) in [5.41, 5.74) is 2.29. The van der Waals surface area contributed by atoms with E-state index in [4.69, 9.17) is 4.74 Å². The van der Waals surface area contributed by atoms with Gasteiger partial charge in [-0.2, -0.15) is 11.8 Å². The molecule has 1 heterocycles. The third-order valence-corrected chi connectivity index (χ3v) is 6.07. The molecule has 0 fully saturated rings. The van der Waals surface area contributed by atoms with Gasteiger partial charge in [-0.25, -0.2) is 0 Å². The van der Waals surface area contributed by atoms with E-state index in [0.717, 1.165) is 12.2 Å². The Morgan fingerprint density at radius 2 is 2.17 bits per heavy atom. The summed E-state index contributed by atoms with van der Waals surface area (Å²) in [5, 5.41) is 11.3. The Morgan fingerprint density at radius 1 is 1.38 bits per heavy atom. The SMILES string of the molecule is CCSCCOC(=O)C1C(C)=NC2=C(C(=O)CCC2)[C@H]1c1cccc([N+](=O)[O-])c1. The zero-order chi connectivity index (χ0) is 21.0. The zero-order valence-electron chi connectivity index (χ0n) is 16.6. The maximum Gasteiger partial charge on any atom is 0.315 e. The van der Waals surface area contributed by atoms with Crippen LogP contribution in [0.1, 0.15) is 44.6 Å². The van der Waals surface area contributed by atoms with Crippen molar-refractivity contribution in [3.8, 4) is 0 Å². The Kier molecular flexibility index (Phi) is 6.84. The minimum Gasteiger partial charge on any atom is -0.464 e. The highest BCUT2D eigenvalue weighted by Crippen LogP contribution is 2.44. The maximum absolute atomic E-state index is 13.0. The van der Waals surface area contributed by atoms with Crippen LogP contribution in [0.15, 0.2) is 40.5 Å². The molecule has 1 unspecified atom stereocenters. The zero-order valence-corrected chi connectivity index (χ0v) is 17.4. The van der Waals surface area contributed by atoms with E-state index in [1.54, 1.807) is 30.8 Å². The Balaban J connectivity index is 2.02. The van der Waals surface area contributed by atoms with Gasteiger partial charge in [-0.15, -0.1) is 0 Å². The van der Waals surface area contributed by atoms with Crippen LogP contribution in [0.5, 0.6) is 0 Å². The molecule has 0 spiro atoms. The highest BCUT2D eigenvalue weighted by Gasteiger charge is 2.43. The quantitative estimate of drug-likeness (QED) is 0.287. The molecule has 2 aliphatic rings. The number of aliphatic imine (C=N–C) groups is 1. The normalized spacial score (nSPS) is 21.4. The molecule has 0 bridgehead atoms. The highest BCUT2D eigenvalue weighted by atomic mass is 32.2. The summed E-state index contributed by atoms with van der Waals surface area (Å²) in [5.74, 6) is -0.226. The lowest BCUT2D eigenvalue weighted by molar-refractivity contribution is -0.384. The number of non-ortho nitro benzene ring substituents is 1. The number of benzene rings is 1. The molecule has 1 aromatic carbocycles.